The van der Waals surface area contributed by atoms with Gasteiger partial charge in [-0.25, -0.2) is 8.42 Å². The summed E-state index contributed by atoms with van der Waals surface area (Å²) >= 11 is 0. The summed E-state index contributed by atoms with van der Waals surface area (Å²) in [5.74, 6) is 1.53. The lowest BCUT2D eigenvalue weighted by atomic mass is 10.0. The van der Waals surface area contributed by atoms with Crippen LogP contribution >= 0.6 is 0 Å². The van der Waals surface area contributed by atoms with E-state index in [1.165, 1.54) is 0 Å². The number of fused-ring (bicyclic) bond motifs is 1. The predicted octanol–water partition coefficient (Wildman–Crippen LogP) is 3.16. The Bertz CT molecular complexity index is 971. The van der Waals surface area contributed by atoms with E-state index in [4.69, 9.17) is 22.4 Å². The van der Waals surface area contributed by atoms with Crippen molar-refractivity contribution >= 4 is 22.4 Å². The molecule has 0 aliphatic carbocycles. The molecule has 2 aromatic rings. The second kappa shape index (κ2) is 7.80. The molecule has 10 heteroatoms. The van der Waals surface area contributed by atoms with Crippen LogP contribution in [-0.4, -0.2) is 25.3 Å². The number of alkyl halides is 3. The van der Waals surface area contributed by atoms with E-state index < -0.39 is 15.6 Å². The van der Waals surface area contributed by atoms with Crippen LogP contribution in [0.5, 0.6) is 11.5 Å². The molecule has 2 heterocycles. The minimum atomic E-state index is -6.09. The highest BCUT2D eigenvalue weighted by Crippen LogP contribution is 2.38. The van der Waals surface area contributed by atoms with Crippen molar-refractivity contribution in [1.82, 2.24) is 0 Å². The Labute approximate surface area is 153 Å². The van der Waals surface area contributed by atoms with Crippen LogP contribution in [0.1, 0.15) is 5.56 Å². The van der Waals surface area contributed by atoms with Crippen molar-refractivity contribution in [3.05, 3.63) is 55.3 Å². The first-order chi connectivity index (χ1) is 12.6. The van der Waals surface area contributed by atoms with E-state index in [0.29, 0.717) is 0 Å². The van der Waals surface area contributed by atoms with Gasteiger partial charge in [-0.1, -0.05) is 12.7 Å². The highest BCUT2D eigenvalue weighted by Gasteiger charge is 2.36. The van der Waals surface area contributed by atoms with Crippen molar-refractivity contribution in [2.75, 3.05) is 6.79 Å². The van der Waals surface area contributed by atoms with Gasteiger partial charge in [0.05, 0.1) is 5.56 Å². The molecular weight excluding hydrogens is 387 g/mol. The Hall–Kier alpha value is -2.85. The van der Waals surface area contributed by atoms with E-state index in [9.17, 15) is 13.2 Å². The molecule has 0 amide bonds. The van der Waals surface area contributed by atoms with Gasteiger partial charge in [-0.2, -0.15) is 17.7 Å². The molecule has 1 aromatic heterocycles. The van der Waals surface area contributed by atoms with Crippen molar-refractivity contribution in [2.24, 2.45) is 0 Å². The summed E-state index contributed by atoms with van der Waals surface area (Å²) in [4.78, 5) is 0. The van der Waals surface area contributed by atoms with Gasteiger partial charge < -0.3 is 14.0 Å². The number of hydrogen-bond acceptors (Lipinski definition) is 5. The molecule has 1 aliphatic heterocycles. The minimum Gasteiger partial charge on any atom is -0.741 e. The van der Waals surface area contributed by atoms with Gasteiger partial charge in [0, 0.05) is 12.1 Å². The molecule has 3 rings (SSSR count). The molecule has 0 atom stereocenters. The third-order valence-electron chi connectivity index (χ3n) is 3.41. The fraction of sp³-hybridized carbons (Fsp3) is 0.118. The Morgan fingerprint density at radius 3 is 2.26 bits per heavy atom. The van der Waals surface area contributed by atoms with Gasteiger partial charge >= 0.3 is 5.51 Å². The quantitative estimate of drug-likeness (QED) is 0.448. The fourth-order valence-corrected chi connectivity index (χ4v) is 2.19. The Kier molecular flexibility index (Phi) is 5.91. The summed E-state index contributed by atoms with van der Waals surface area (Å²) in [5, 5.41) is 0. The summed E-state index contributed by atoms with van der Waals surface area (Å²) in [5.41, 5.74) is -2.57. The predicted molar refractivity (Wildman–Crippen MR) is 90.4 cm³/mol. The molecule has 0 fully saturated rings. The van der Waals surface area contributed by atoms with Crippen molar-refractivity contribution < 1.29 is 40.2 Å². The third kappa shape index (κ3) is 4.66. The number of nitrogens with zero attached hydrogens (tertiary/aromatic N) is 1. The van der Waals surface area contributed by atoms with Crippen LogP contribution in [0.4, 0.5) is 13.2 Å². The summed E-state index contributed by atoms with van der Waals surface area (Å²) in [6, 6.07) is 9.92. The van der Waals surface area contributed by atoms with Crippen LogP contribution < -0.4 is 14.0 Å². The zero-order valence-corrected chi connectivity index (χ0v) is 14.6. The number of rotatable bonds is 3. The number of benzene rings is 1. The van der Waals surface area contributed by atoms with Gasteiger partial charge in [0.1, 0.15) is 0 Å². The molecule has 0 bridgehead atoms. The van der Waals surface area contributed by atoms with E-state index in [0.717, 1.165) is 28.3 Å². The first-order valence-electron chi connectivity index (χ1n) is 7.30. The van der Waals surface area contributed by atoms with Crippen LogP contribution in [0.2, 0.25) is 0 Å². The van der Waals surface area contributed by atoms with E-state index >= 15 is 0 Å². The molecule has 1 aromatic carbocycles. The van der Waals surface area contributed by atoms with E-state index in [2.05, 4.69) is 13.2 Å². The molecule has 6 nitrogen and oxygen atoms in total. The van der Waals surface area contributed by atoms with E-state index in [1.807, 2.05) is 47.2 Å². The van der Waals surface area contributed by atoms with Crippen molar-refractivity contribution in [3.8, 4) is 22.8 Å². The molecule has 0 N–H and O–H groups in total. The fourth-order valence-electron chi connectivity index (χ4n) is 2.19. The molecule has 0 spiro atoms. The van der Waals surface area contributed by atoms with E-state index in [-0.39, 0.29) is 6.79 Å². The van der Waals surface area contributed by atoms with Gasteiger partial charge in [0.2, 0.25) is 12.5 Å². The third-order valence-corrected chi connectivity index (χ3v) is 3.98. The summed E-state index contributed by atoms with van der Waals surface area (Å²) < 4.78 is 71.7. The maximum atomic E-state index is 10.7. The average Bonchev–Trinajstić information content (AvgIpc) is 3.06. The first kappa shape index (κ1) is 20.5. The minimum absolute atomic E-state index is 0.269. The zero-order valence-electron chi connectivity index (χ0n) is 13.8. The van der Waals surface area contributed by atoms with Gasteiger partial charge in [-0.15, -0.1) is 0 Å². The molecule has 0 saturated heterocycles. The normalized spacial score (nSPS) is 12.7. The first-order valence-corrected chi connectivity index (χ1v) is 8.70. The second-order valence-corrected chi connectivity index (χ2v) is 6.44. The number of pyridine rings is 1. The Balaban J connectivity index is 0.000000279. The van der Waals surface area contributed by atoms with Crippen molar-refractivity contribution in [1.29, 1.82) is 0 Å². The van der Waals surface area contributed by atoms with Crippen molar-refractivity contribution in [2.45, 2.75) is 5.51 Å². The topological polar surface area (TPSA) is 79.5 Å². The SMILES string of the molecule is C=Cc1cc2c(cc1-c1cccc[n+]1C=C)OCO2.O=S(=O)([O-])C(F)(F)F. The van der Waals surface area contributed by atoms with Crippen LogP contribution in [0.3, 0.4) is 0 Å². The van der Waals surface area contributed by atoms with Crippen LogP contribution in [0.15, 0.2) is 49.7 Å². The van der Waals surface area contributed by atoms with Crippen LogP contribution in [0.25, 0.3) is 23.5 Å². The number of hydrogen-bond donors (Lipinski definition) is 0. The van der Waals surface area contributed by atoms with Gasteiger partial charge in [-0.3, -0.25) is 0 Å². The maximum absolute atomic E-state index is 10.7. The highest BCUT2D eigenvalue weighted by atomic mass is 32.2. The number of halogens is 3. The smallest absolute Gasteiger partial charge is 0.485 e. The number of aromatic nitrogens is 1. The summed E-state index contributed by atoms with van der Waals surface area (Å²) in [6.07, 6.45) is 5.55. The maximum Gasteiger partial charge on any atom is 0.485 e. The lowest BCUT2D eigenvalue weighted by Gasteiger charge is -2.08. The van der Waals surface area contributed by atoms with Gasteiger partial charge in [-0.05, 0) is 30.3 Å². The van der Waals surface area contributed by atoms with Crippen LogP contribution in [0, 0.1) is 0 Å². The lowest BCUT2D eigenvalue weighted by Crippen LogP contribution is -2.27. The molecule has 144 valence electrons. The molecule has 0 radical (unpaired) electrons. The summed E-state index contributed by atoms with van der Waals surface area (Å²) in [6.45, 7) is 7.96. The second-order valence-electron chi connectivity index (χ2n) is 5.07. The molecule has 27 heavy (non-hydrogen) atoms. The zero-order chi connectivity index (χ0) is 20.2. The number of ether oxygens (including phenoxy) is 2. The van der Waals surface area contributed by atoms with Gasteiger partial charge in [0.15, 0.2) is 34.0 Å². The largest absolute Gasteiger partial charge is 0.741 e. The van der Waals surface area contributed by atoms with E-state index in [1.54, 1.807) is 6.20 Å². The Morgan fingerprint density at radius 2 is 1.74 bits per heavy atom. The monoisotopic (exact) mass is 401 g/mol. The Morgan fingerprint density at radius 1 is 1.15 bits per heavy atom. The standard InChI is InChI=1S/C16H14NO2.CHF3O3S/c1-3-12-9-15-16(19-11-18-15)10-13(12)14-7-5-6-8-17(14)4-2;2-1(3,4)8(5,6)7/h3-10H,1-2,11H2;(H,5,6,7)/q+1;/p-1. The molecular formula is C17H14F3NO5S. The average molecular weight is 401 g/mol. The van der Waals surface area contributed by atoms with Crippen LogP contribution in [-0.2, 0) is 10.1 Å². The lowest BCUT2D eigenvalue weighted by molar-refractivity contribution is -0.555. The van der Waals surface area contributed by atoms with Crippen molar-refractivity contribution in [3.63, 3.8) is 0 Å². The highest BCUT2D eigenvalue weighted by molar-refractivity contribution is 7.86. The summed E-state index contributed by atoms with van der Waals surface area (Å²) in [7, 11) is -6.09. The van der Waals surface area contributed by atoms with Gasteiger partial charge in [0.25, 0.3) is 0 Å². The molecule has 0 unspecified atom stereocenters. The molecule has 1 aliphatic rings. The molecule has 0 saturated carbocycles.